The van der Waals surface area contributed by atoms with Gasteiger partial charge in [-0.3, -0.25) is 4.79 Å². The van der Waals surface area contributed by atoms with Gasteiger partial charge in [-0.05, 0) is 88.6 Å². The van der Waals surface area contributed by atoms with Crippen LogP contribution < -0.4 is 15.5 Å². The Morgan fingerprint density at radius 1 is 1.02 bits per heavy atom. The molecule has 0 saturated heterocycles. The minimum Gasteiger partial charge on any atom is -0.488 e. The lowest BCUT2D eigenvalue weighted by Gasteiger charge is -2.09. The summed E-state index contributed by atoms with van der Waals surface area (Å²) in [5.74, 6) is 0.402. The van der Waals surface area contributed by atoms with Crippen molar-refractivity contribution in [1.29, 1.82) is 0 Å². The lowest BCUT2D eigenvalue weighted by molar-refractivity contribution is 0.0955. The van der Waals surface area contributed by atoms with E-state index >= 15 is 0 Å². The van der Waals surface area contributed by atoms with Gasteiger partial charge in [-0.2, -0.15) is 5.10 Å². The fourth-order valence-electron chi connectivity index (χ4n) is 3.70. The van der Waals surface area contributed by atoms with Crippen LogP contribution in [0.25, 0.3) is 11.3 Å². The van der Waals surface area contributed by atoms with E-state index in [-0.39, 0.29) is 5.91 Å². The predicted molar refractivity (Wildman–Crippen MR) is 167 cm³/mol. The van der Waals surface area contributed by atoms with E-state index in [1.54, 1.807) is 18.3 Å². The van der Waals surface area contributed by atoms with Crippen molar-refractivity contribution in [3.05, 3.63) is 128 Å². The number of hydrogen-bond donors (Lipinski definition) is 2. The molecule has 5 rings (SSSR count). The summed E-state index contributed by atoms with van der Waals surface area (Å²) in [6.07, 6.45) is 1.58. The molecule has 40 heavy (non-hydrogen) atoms. The number of halogens is 2. The molecular formula is C31H24BrClN4O2S. The molecule has 200 valence electrons. The Hall–Kier alpha value is -3.98. The standard InChI is InChI=1S/C31H24BrClN4O2S/c1-20-2-13-26(14-3-20)35-31-36-28(19-40-31)23-7-9-24(10-8-23)30(38)37-34-17-22-6-15-29(27(32)16-22)39-18-21-4-11-25(33)12-5-21/h2-17,19H,18H2,1H3,(H,35,36)(H,37,38)/b34-17-. The summed E-state index contributed by atoms with van der Waals surface area (Å²) in [6.45, 7) is 2.48. The van der Waals surface area contributed by atoms with Crippen LogP contribution in [0.1, 0.15) is 27.0 Å². The maximum absolute atomic E-state index is 12.6. The summed E-state index contributed by atoms with van der Waals surface area (Å²) in [5, 5.41) is 10.9. The lowest BCUT2D eigenvalue weighted by atomic mass is 10.1. The fraction of sp³-hybridized carbons (Fsp3) is 0.0645. The van der Waals surface area contributed by atoms with E-state index < -0.39 is 0 Å². The summed E-state index contributed by atoms with van der Waals surface area (Å²) in [5.41, 5.74) is 8.87. The van der Waals surface area contributed by atoms with E-state index in [1.165, 1.54) is 16.9 Å². The molecular weight excluding hydrogens is 608 g/mol. The Balaban J connectivity index is 1.14. The van der Waals surface area contributed by atoms with E-state index in [0.717, 1.165) is 37.7 Å². The Kier molecular flexibility index (Phi) is 8.91. The third-order valence-electron chi connectivity index (χ3n) is 5.89. The Labute approximate surface area is 249 Å². The molecule has 1 heterocycles. The third-order valence-corrected chi connectivity index (χ3v) is 7.52. The number of thiazole rings is 1. The van der Waals surface area contributed by atoms with Crippen LogP contribution in [0.5, 0.6) is 5.75 Å². The average molecular weight is 632 g/mol. The number of aryl methyl sites for hydroxylation is 1. The highest BCUT2D eigenvalue weighted by Crippen LogP contribution is 2.28. The number of hydrazone groups is 1. The molecule has 0 fully saturated rings. The summed E-state index contributed by atoms with van der Waals surface area (Å²) in [7, 11) is 0. The van der Waals surface area contributed by atoms with Gasteiger partial charge in [0.15, 0.2) is 5.13 Å². The molecule has 2 N–H and O–H groups in total. The van der Waals surface area contributed by atoms with E-state index in [0.29, 0.717) is 22.9 Å². The highest BCUT2D eigenvalue weighted by atomic mass is 79.9. The van der Waals surface area contributed by atoms with Gasteiger partial charge in [0.2, 0.25) is 0 Å². The van der Waals surface area contributed by atoms with Gasteiger partial charge in [0.1, 0.15) is 12.4 Å². The summed E-state index contributed by atoms with van der Waals surface area (Å²) >= 11 is 11.0. The first kappa shape index (κ1) is 27.6. The zero-order valence-electron chi connectivity index (χ0n) is 21.4. The molecule has 5 aromatic rings. The molecule has 1 aromatic heterocycles. The number of amides is 1. The van der Waals surface area contributed by atoms with E-state index in [4.69, 9.17) is 16.3 Å². The van der Waals surface area contributed by atoms with Gasteiger partial charge in [-0.25, -0.2) is 10.4 Å². The second-order valence-electron chi connectivity index (χ2n) is 8.91. The van der Waals surface area contributed by atoms with Crippen molar-refractivity contribution in [2.24, 2.45) is 5.10 Å². The number of aromatic nitrogens is 1. The monoisotopic (exact) mass is 630 g/mol. The van der Waals surface area contributed by atoms with Crippen LogP contribution in [0, 0.1) is 6.92 Å². The topological polar surface area (TPSA) is 75.6 Å². The van der Waals surface area contributed by atoms with Crippen LogP contribution >= 0.6 is 38.9 Å². The number of ether oxygens (including phenoxy) is 1. The number of anilines is 2. The van der Waals surface area contributed by atoms with E-state index in [9.17, 15) is 4.79 Å². The average Bonchev–Trinajstić information content (AvgIpc) is 3.43. The first-order chi connectivity index (χ1) is 19.4. The minimum absolute atomic E-state index is 0.301. The molecule has 6 nitrogen and oxygen atoms in total. The number of nitrogens with zero attached hydrogens (tertiary/aromatic N) is 2. The molecule has 4 aromatic carbocycles. The molecule has 0 radical (unpaired) electrons. The van der Waals surface area contributed by atoms with Crippen molar-refractivity contribution in [3.8, 4) is 17.0 Å². The maximum Gasteiger partial charge on any atom is 0.271 e. The molecule has 0 aliphatic heterocycles. The molecule has 9 heteroatoms. The fourth-order valence-corrected chi connectivity index (χ4v) is 5.08. The molecule has 0 spiro atoms. The van der Waals surface area contributed by atoms with Gasteiger partial charge >= 0.3 is 0 Å². The zero-order valence-corrected chi connectivity index (χ0v) is 24.6. The first-order valence-corrected chi connectivity index (χ1v) is 14.4. The quantitative estimate of drug-likeness (QED) is 0.126. The van der Waals surface area contributed by atoms with Crippen molar-refractivity contribution in [1.82, 2.24) is 10.4 Å². The zero-order chi connectivity index (χ0) is 27.9. The van der Waals surface area contributed by atoms with Gasteiger partial charge in [-0.1, -0.05) is 53.6 Å². The Morgan fingerprint density at radius 3 is 2.50 bits per heavy atom. The minimum atomic E-state index is -0.301. The largest absolute Gasteiger partial charge is 0.488 e. The van der Waals surface area contributed by atoms with Crippen molar-refractivity contribution >= 4 is 61.8 Å². The van der Waals surface area contributed by atoms with Crippen LogP contribution in [0.2, 0.25) is 5.02 Å². The number of carbonyl (C=O) groups is 1. The number of nitrogens with one attached hydrogen (secondary N) is 2. The van der Waals surface area contributed by atoms with Gasteiger partial charge in [0, 0.05) is 27.2 Å². The number of carbonyl (C=O) groups excluding carboxylic acids is 1. The Bertz CT molecular complexity index is 1640. The Morgan fingerprint density at radius 2 is 1.77 bits per heavy atom. The normalized spacial score (nSPS) is 11.0. The molecule has 0 aliphatic rings. The molecule has 0 unspecified atom stereocenters. The SMILES string of the molecule is Cc1ccc(Nc2nc(-c3ccc(C(=O)N/N=C\c4ccc(OCc5ccc(Cl)cc5)c(Br)c4)cc3)cs2)cc1. The molecule has 0 bridgehead atoms. The number of benzene rings is 4. The number of hydrogen-bond acceptors (Lipinski definition) is 6. The van der Waals surface area contributed by atoms with Gasteiger partial charge in [0.05, 0.1) is 16.4 Å². The van der Waals surface area contributed by atoms with E-state index in [1.807, 2.05) is 72.1 Å². The second kappa shape index (κ2) is 12.9. The molecule has 0 saturated carbocycles. The first-order valence-electron chi connectivity index (χ1n) is 12.3. The van der Waals surface area contributed by atoms with Gasteiger partial charge in [-0.15, -0.1) is 11.3 Å². The highest BCUT2D eigenvalue weighted by Gasteiger charge is 2.09. The maximum atomic E-state index is 12.6. The second-order valence-corrected chi connectivity index (χ2v) is 11.1. The van der Waals surface area contributed by atoms with E-state index in [2.05, 4.69) is 55.8 Å². The highest BCUT2D eigenvalue weighted by molar-refractivity contribution is 9.10. The van der Waals surface area contributed by atoms with Crippen LogP contribution in [-0.2, 0) is 6.61 Å². The van der Waals surface area contributed by atoms with Gasteiger partial charge < -0.3 is 10.1 Å². The van der Waals surface area contributed by atoms with Crippen molar-refractivity contribution < 1.29 is 9.53 Å². The predicted octanol–water partition coefficient (Wildman–Crippen LogP) is 8.62. The summed E-state index contributed by atoms with van der Waals surface area (Å²) in [4.78, 5) is 17.3. The molecule has 0 atom stereocenters. The summed E-state index contributed by atoms with van der Waals surface area (Å²) in [6, 6.07) is 28.5. The summed E-state index contributed by atoms with van der Waals surface area (Å²) < 4.78 is 6.66. The van der Waals surface area contributed by atoms with Crippen molar-refractivity contribution in [2.45, 2.75) is 13.5 Å². The van der Waals surface area contributed by atoms with Gasteiger partial charge in [0.25, 0.3) is 5.91 Å². The molecule has 1 amide bonds. The smallest absolute Gasteiger partial charge is 0.271 e. The molecule has 0 aliphatic carbocycles. The van der Waals surface area contributed by atoms with Crippen molar-refractivity contribution in [3.63, 3.8) is 0 Å². The van der Waals surface area contributed by atoms with Crippen LogP contribution in [0.3, 0.4) is 0 Å². The third kappa shape index (κ3) is 7.35. The van der Waals surface area contributed by atoms with Crippen LogP contribution in [0.15, 0.2) is 106 Å². The van der Waals surface area contributed by atoms with Crippen LogP contribution in [-0.4, -0.2) is 17.1 Å². The number of rotatable bonds is 9. The lowest BCUT2D eigenvalue weighted by Crippen LogP contribution is -2.17. The van der Waals surface area contributed by atoms with Crippen LogP contribution in [0.4, 0.5) is 10.8 Å². The van der Waals surface area contributed by atoms with Crippen molar-refractivity contribution in [2.75, 3.05) is 5.32 Å².